The molecule has 216 valence electrons. The van der Waals surface area contributed by atoms with E-state index in [1.165, 1.54) is 11.3 Å². The number of carbonyl (C=O) groups is 1. The summed E-state index contributed by atoms with van der Waals surface area (Å²) < 4.78 is 24.3. The first kappa shape index (κ1) is 28.9. The Morgan fingerprint density at radius 1 is 0.976 bits per heavy atom. The molecule has 0 unspecified atom stereocenters. The molecule has 1 aromatic heterocycles. The SMILES string of the molecule is CCCOc1ccc(/C=c2\sc3n(c2=O)[C@H](c2ccc(OC)c(OC)c2)C(C(=O)OCC)=C(c2ccccc2)N=3)cc1. The van der Waals surface area contributed by atoms with Crippen molar-refractivity contribution in [3.63, 3.8) is 0 Å². The fourth-order valence-electron chi connectivity index (χ4n) is 4.81. The molecule has 0 aliphatic carbocycles. The average molecular weight is 585 g/mol. The molecule has 8 nitrogen and oxygen atoms in total. The van der Waals surface area contributed by atoms with Gasteiger partial charge >= 0.3 is 5.97 Å². The Kier molecular flexibility index (Phi) is 8.88. The highest BCUT2D eigenvalue weighted by atomic mass is 32.1. The second-order valence-corrected chi connectivity index (χ2v) is 10.5. The Bertz CT molecular complexity index is 1790. The zero-order valence-electron chi connectivity index (χ0n) is 24.0. The quantitative estimate of drug-likeness (QED) is 0.250. The van der Waals surface area contributed by atoms with Crippen molar-refractivity contribution in [2.24, 2.45) is 4.99 Å². The molecule has 0 spiro atoms. The summed E-state index contributed by atoms with van der Waals surface area (Å²) in [5.74, 6) is 1.24. The van der Waals surface area contributed by atoms with E-state index in [0.717, 1.165) is 23.3 Å². The normalized spacial score (nSPS) is 14.7. The summed E-state index contributed by atoms with van der Waals surface area (Å²) in [6.07, 6.45) is 2.75. The van der Waals surface area contributed by atoms with E-state index < -0.39 is 12.0 Å². The molecule has 9 heteroatoms. The zero-order chi connectivity index (χ0) is 29.6. The molecular formula is C33H32N2O6S. The van der Waals surface area contributed by atoms with Crippen molar-refractivity contribution in [2.75, 3.05) is 27.4 Å². The van der Waals surface area contributed by atoms with Crippen LogP contribution < -0.4 is 29.1 Å². The van der Waals surface area contributed by atoms with Crippen LogP contribution in [-0.2, 0) is 9.53 Å². The van der Waals surface area contributed by atoms with Crippen LogP contribution >= 0.6 is 11.3 Å². The van der Waals surface area contributed by atoms with Gasteiger partial charge in [-0.25, -0.2) is 9.79 Å². The fraction of sp³-hybridized carbons (Fsp3) is 0.242. The lowest BCUT2D eigenvalue weighted by molar-refractivity contribution is -0.138. The maximum atomic E-state index is 14.1. The number of rotatable bonds is 10. The van der Waals surface area contributed by atoms with Crippen LogP contribution in [0.2, 0.25) is 0 Å². The molecule has 42 heavy (non-hydrogen) atoms. The van der Waals surface area contributed by atoms with Gasteiger partial charge in [-0.3, -0.25) is 9.36 Å². The van der Waals surface area contributed by atoms with Gasteiger partial charge in [-0.15, -0.1) is 0 Å². The molecule has 1 aliphatic rings. The van der Waals surface area contributed by atoms with Crippen molar-refractivity contribution in [2.45, 2.75) is 26.3 Å². The first-order valence-corrected chi connectivity index (χ1v) is 14.5. The number of nitrogens with zero attached hydrogens (tertiary/aromatic N) is 2. The van der Waals surface area contributed by atoms with Crippen molar-refractivity contribution >= 4 is 29.1 Å². The second-order valence-electron chi connectivity index (χ2n) is 9.46. The lowest BCUT2D eigenvalue weighted by atomic mass is 9.93. The second kappa shape index (κ2) is 12.9. The monoisotopic (exact) mass is 584 g/mol. The molecule has 0 radical (unpaired) electrons. The molecule has 5 rings (SSSR count). The van der Waals surface area contributed by atoms with Crippen LogP contribution in [0.25, 0.3) is 11.8 Å². The molecule has 1 aliphatic heterocycles. The van der Waals surface area contributed by atoms with E-state index in [1.54, 1.807) is 37.8 Å². The largest absolute Gasteiger partial charge is 0.494 e. The Hall–Kier alpha value is -4.63. The smallest absolute Gasteiger partial charge is 0.338 e. The first-order valence-electron chi connectivity index (χ1n) is 13.7. The Morgan fingerprint density at radius 3 is 2.38 bits per heavy atom. The fourth-order valence-corrected chi connectivity index (χ4v) is 5.81. The van der Waals surface area contributed by atoms with Crippen LogP contribution in [0.4, 0.5) is 0 Å². The lowest BCUT2D eigenvalue weighted by Crippen LogP contribution is -2.40. The molecule has 0 amide bonds. The highest BCUT2D eigenvalue weighted by Crippen LogP contribution is 2.38. The summed E-state index contributed by atoms with van der Waals surface area (Å²) in [7, 11) is 3.10. The van der Waals surface area contributed by atoms with Gasteiger partial charge in [0.05, 0.1) is 49.3 Å². The standard InChI is InChI=1S/C33H32N2O6S/c1-5-18-41-24-15-12-21(13-16-24)19-27-31(36)35-30(23-14-17-25(38-3)26(20-23)39-4)28(32(37)40-6-2)29(34-33(35)42-27)22-10-8-7-9-11-22/h7-17,19-20,30H,5-6,18H2,1-4H3/b27-19-/t30-/m1/s1. The number of benzene rings is 3. The van der Waals surface area contributed by atoms with Crippen molar-refractivity contribution in [3.8, 4) is 17.2 Å². The molecule has 0 saturated heterocycles. The summed E-state index contributed by atoms with van der Waals surface area (Å²) in [6.45, 7) is 4.62. The maximum absolute atomic E-state index is 14.1. The molecule has 0 saturated carbocycles. The van der Waals surface area contributed by atoms with Gasteiger partial charge in [0.1, 0.15) is 5.75 Å². The van der Waals surface area contributed by atoms with E-state index in [0.29, 0.717) is 38.7 Å². The van der Waals surface area contributed by atoms with Gasteiger partial charge in [0, 0.05) is 5.56 Å². The van der Waals surface area contributed by atoms with Gasteiger partial charge in [-0.2, -0.15) is 0 Å². The molecule has 0 N–H and O–H groups in total. The third kappa shape index (κ3) is 5.73. The van der Waals surface area contributed by atoms with E-state index in [4.69, 9.17) is 23.9 Å². The van der Waals surface area contributed by atoms with Crippen molar-refractivity contribution < 1.29 is 23.7 Å². The molecule has 2 heterocycles. The number of fused-ring (bicyclic) bond motifs is 1. The van der Waals surface area contributed by atoms with Crippen LogP contribution in [0.1, 0.15) is 43.0 Å². The molecule has 0 bridgehead atoms. The number of aromatic nitrogens is 1. The van der Waals surface area contributed by atoms with Crippen LogP contribution in [0, 0.1) is 0 Å². The van der Waals surface area contributed by atoms with Crippen LogP contribution in [0.5, 0.6) is 17.2 Å². The molecule has 4 aromatic rings. The Labute approximate surface area is 247 Å². The minimum absolute atomic E-state index is 0.172. The van der Waals surface area contributed by atoms with E-state index in [-0.39, 0.29) is 17.7 Å². The van der Waals surface area contributed by atoms with Crippen LogP contribution in [-0.4, -0.2) is 38.0 Å². The van der Waals surface area contributed by atoms with Gasteiger partial charge < -0.3 is 18.9 Å². The van der Waals surface area contributed by atoms with Gasteiger partial charge in [-0.1, -0.05) is 66.8 Å². The van der Waals surface area contributed by atoms with Crippen molar-refractivity contribution in [1.29, 1.82) is 0 Å². The third-order valence-electron chi connectivity index (χ3n) is 6.75. The number of carbonyl (C=O) groups excluding carboxylic acids is 1. The van der Waals surface area contributed by atoms with Gasteiger partial charge in [-0.05, 0) is 54.8 Å². The predicted molar refractivity (Wildman–Crippen MR) is 163 cm³/mol. The van der Waals surface area contributed by atoms with E-state index in [9.17, 15) is 9.59 Å². The summed E-state index contributed by atoms with van der Waals surface area (Å²) in [6, 6.07) is 21.6. The first-order chi connectivity index (χ1) is 20.5. The van der Waals surface area contributed by atoms with Gasteiger partial charge in [0.2, 0.25) is 0 Å². The summed E-state index contributed by atoms with van der Waals surface area (Å²) in [4.78, 5) is 33.1. The average Bonchev–Trinajstić information content (AvgIpc) is 3.34. The van der Waals surface area contributed by atoms with E-state index in [1.807, 2.05) is 66.7 Å². The lowest BCUT2D eigenvalue weighted by Gasteiger charge is -2.26. The van der Waals surface area contributed by atoms with Crippen LogP contribution in [0.3, 0.4) is 0 Å². The molecule has 0 fully saturated rings. The van der Waals surface area contributed by atoms with Crippen molar-refractivity contribution in [1.82, 2.24) is 4.57 Å². The molecular weight excluding hydrogens is 552 g/mol. The number of thiazole rings is 1. The van der Waals surface area contributed by atoms with Gasteiger partial charge in [0.25, 0.3) is 5.56 Å². The summed E-state index contributed by atoms with van der Waals surface area (Å²) in [5, 5.41) is 0. The zero-order valence-corrected chi connectivity index (χ0v) is 24.8. The number of hydrogen-bond donors (Lipinski definition) is 0. The number of esters is 1. The minimum atomic E-state index is -0.817. The number of hydrogen-bond acceptors (Lipinski definition) is 8. The van der Waals surface area contributed by atoms with Crippen molar-refractivity contribution in [3.05, 3.63) is 115 Å². The topological polar surface area (TPSA) is 88.3 Å². The Morgan fingerprint density at radius 2 is 1.71 bits per heavy atom. The maximum Gasteiger partial charge on any atom is 0.338 e. The predicted octanol–water partition coefficient (Wildman–Crippen LogP) is 4.74. The van der Waals surface area contributed by atoms with Gasteiger partial charge in [0.15, 0.2) is 16.3 Å². The number of methoxy groups -OCH3 is 2. The summed E-state index contributed by atoms with van der Waals surface area (Å²) in [5.41, 5.74) is 2.71. The number of ether oxygens (including phenoxy) is 4. The minimum Gasteiger partial charge on any atom is -0.494 e. The summed E-state index contributed by atoms with van der Waals surface area (Å²) >= 11 is 1.27. The third-order valence-corrected chi connectivity index (χ3v) is 7.73. The van der Waals surface area contributed by atoms with E-state index >= 15 is 0 Å². The molecule has 1 atom stereocenters. The highest BCUT2D eigenvalue weighted by Gasteiger charge is 2.35. The Balaban J connectivity index is 1.76. The highest BCUT2D eigenvalue weighted by molar-refractivity contribution is 7.07. The molecule has 3 aromatic carbocycles. The van der Waals surface area contributed by atoms with E-state index in [2.05, 4.69) is 6.92 Å². The van der Waals surface area contributed by atoms with Crippen LogP contribution in [0.15, 0.2) is 88.2 Å².